The van der Waals surface area contributed by atoms with Crippen LogP contribution in [0.5, 0.6) is 0 Å². The number of rotatable bonds is 3. The van der Waals surface area contributed by atoms with Gasteiger partial charge in [0.25, 0.3) is 0 Å². The van der Waals surface area contributed by atoms with Gasteiger partial charge in [0, 0.05) is 16.2 Å². The summed E-state index contributed by atoms with van der Waals surface area (Å²) < 4.78 is 2.61. The number of halogens is 1. The highest BCUT2D eigenvalue weighted by Crippen LogP contribution is 2.21. The van der Waals surface area contributed by atoms with Gasteiger partial charge in [-0.3, -0.25) is 4.79 Å². The maximum absolute atomic E-state index is 10.7. The predicted molar refractivity (Wildman–Crippen MR) is 67.3 cm³/mol. The van der Waals surface area contributed by atoms with Crippen LogP contribution in [0.3, 0.4) is 0 Å². The topological polar surface area (TPSA) is 55.1 Å². The first-order valence-electron chi connectivity index (χ1n) is 5.10. The first-order valence-corrected chi connectivity index (χ1v) is 5.89. The third kappa shape index (κ3) is 2.55. The summed E-state index contributed by atoms with van der Waals surface area (Å²) in [4.78, 5) is 10.7. The minimum Gasteiger partial charge on any atom is -0.481 e. The van der Waals surface area contributed by atoms with Crippen molar-refractivity contribution in [2.24, 2.45) is 0 Å². The zero-order valence-electron chi connectivity index (χ0n) is 9.22. The zero-order valence-corrected chi connectivity index (χ0v) is 10.8. The van der Waals surface area contributed by atoms with Gasteiger partial charge in [-0.15, -0.1) is 0 Å². The van der Waals surface area contributed by atoms with Gasteiger partial charge in [-0.25, -0.2) is 4.68 Å². The average molecular weight is 295 g/mol. The fourth-order valence-corrected chi connectivity index (χ4v) is 2.06. The number of hydrogen-bond donors (Lipinski definition) is 1. The smallest absolute Gasteiger partial charge is 0.307 e. The van der Waals surface area contributed by atoms with Crippen LogP contribution in [0.1, 0.15) is 11.3 Å². The molecule has 17 heavy (non-hydrogen) atoms. The van der Waals surface area contributed by atoms with Gasteiger partial charge in [0.05, 0.1) is 17.8 Å². The van der Waals surface area contributed by atoms with E-state index < -0.39 is 5.97 Å². The Labute approximate surface area is 107 Å². The number of aryl methyl sites for hydroxylation is 1. The molecule has 0 radical (unpaired) electrons. The van der Waals surface area contributed by atoms with E-state index in [1.54, 1.807) is 10.9 Å². The van der Waals surface area contributed by atoms with Crippen LogP contribution in [0.2, 0.25) is 0 Å². The van der Waals surface area contributed by atoms with Gasteiger partial charge >= 0.3 is 5.97 Å². The number of carbonyl (C=O) groups is 1. The standard InChI is InChI=1S/C12H11BrN2O2/c1-8-9(6-12(16)17)7-15(14-8)11-5-3-2-4-10(11)13/h2-5,7H,6H2,1H3,(H,16,17). The molecule has 0 bridgehead atoms. The number of hydrogen-bond acceptors (Lipinski definition) is 2. The highest BCUT2D eigenvalue weighted by molar-refractivity contribution is 9.10. The second kappa shape index (κ2) is 4.71. The molecule has 0 aliphatic heterocycles. The van der Waals surface area contributed by atoms with E-state index in [4.69, 9.17) is 5.11 Å². The molecule has 0 atom stereocenters. The van der Waals surface area contributed by atoms with Crippen LogP contribution in [0.15, 0.2) is 34.9 Å². The lowest BCUT2D eigenvalue weighted by Gasteiger charge is -2.02. The van der Waals surface area contributed by atoms with E-state index in [2.05, 4.69) is 21.0 Å². The lowest BCUT2D eigenvalue weighted by molar-refractivity contribution is -0.136. The predicted octanol–water partition coefficient (Wildman–Crippen LogP) is 2.57. The Balaban J connectivity index is 2.41. The van der Waals surface area contributed by atoms with Gasteiger partial charge in [-0.2, -0.15) is 5.10 Å². The van der Waals surface area contributed by atoms with Crippen molar-refractivity contribution in [3.05, 3.63) is 46.2 Å². The largest absolute Gasteiger partial charge is 0.481 e. The summed E-state index contributed by atoms with van der Waals surface area (Å²) in [6.07, 6.45) is 1.75. The number of aromatic nitrogens is 2. The van der Waals surface area contributed by atoms with E-state index in [0.717, 1.165) is 21.4 Å². The molecule has 0 fully saturated rings. The molecule has 0 saturated carbocycles. The van der Waals surface area contributed by atoms with Crippen molar-refractivity contribution in [2.45, 2.75) is 13.3 Å². The molecule has 0 spiro atoms. The molecule has 0 aliphatic carbocycles. The van der Waals surface area contributed by atoms with Crippen molar-refractivity contribution >= 4 is 21.9 Å². The van der Waals surface area contributed by atoms with Crippen molar-refractivity contribution in [1.82, 2.24) is 9.78 Å². The second-order valence-corrected chi connectivity index (χ2v) is 4.56. The summed E-state index contributed by atoms with van der Waals surface area (Å²) in [6, 6.07) is 7.67. The van der Waals surface area contributed by atoms with Gasteiger partial charge in [-0.1, -0.05) is 12.1 Å². The normalized spacial score (nSPS) is 10.5. The molecule has 0 amide bonds. The number of benzene rings is 1. The fourth-order valence-electron chi connectivity index (χ4n) is 1.59. The minimum absolute atomic E-state index is 0.00368. The summed E-state index contributed by atoms with van der Waals surface area (Å²) in [6.45, 7) is 1.81. The zero-order chi connectivity index (χ0) is 12.4. The molecule has 1 aromatic carbocycles. The quantitative estimate of drug-likeness (QED) is 0.947. The first kappa shape index (κ1) is 11.9. The maximum Gasteiger partial charge on any atom is 0.307 e. The Morgan fingerprint density at radius 3 is 2.82 bits per heavy atom. The molecule has 4 nitrogen and oxygen atoms in total. The monoisotopic (exact) mass is 294 g/mol. The van der Waals surface area contributed by atoms with Crippen LogP contribution in [-0.4, -0.2) is 20.9 Å². The van der Waals surface area contributed by atoms with Crippen LogP contribution in [0.4, 0.5) is 0 Å². The highest BCUT2D eigenvalue weighted by atomic mass is 79.9. The van der Waals surface area contributed by atoms with Gasteiger partial charge in [0.1, 0.15) is 0 Å². The Bertz CT molecular complexity index is 563. The summed E-state index contributed by atoms with van der Waals surface area (Å²) in [5.41, 5.74) is 2.36. The van der Waals surface area contributed by atoms with Crippen LogP contribution < -0.4 is 0 Å². The third-order valence-corrected chi connectivity index (χ3v) is 3.11. The molecule has 88 valence electrons. The Morgan fingerprint density at radius 2 is 2.18 bits per heavy atom. The first-order chi connectivity index (χ1) is 8.08. The summed E-state index contributed by atoms with van der Waals surface area (Å²) in [5.74, 6) is -0.847. The lowest BCUT2D eigenvalue weighted by Crippen LogP contribution is -2.00. The number of carboxylic acid groups (broad SMARTS) is 1. The van der Waals surface area contributed by atoms with E-state index in [1.165, 1.54) is 0 Å². The Kier molecular flexibility index (Phi) is 3.28. The van der Waals surface area contributed by atoms with Gasteiger partial charge in [-0.05, 0) is 35.0 Å². The van der Waals surface area contributed by atoms with Crippen LogP contribution in [-0.2, 0) is 11.2 Å². The molecular formula is C12H11BrN2O2. The van der Waals surface area contributed by atoms with Crippen molar-refractivity contribution in [3.63, 3.8) is 0 Å². The van der Waals surface area contributed by atoms with Gasteiger partial charge in [0.15, 0.2) is 0 Å². The SMILES string of the molecule is Cc1nn(-c2ccccc2Br)cc1CC(=O)O. The molecule has 5 heteroatoms. The average Bonchev–Trinajstić information content (AvgIpc) is 2.60. The van der Waals surface area contributed by atoms with Crippen molar-refractivity contribution in [1.29, 1.82) is 0 Å². The van der Waals surface area contributed by atoms with E-state index in [-0.39, 0.29) is 6.42 Å². The number of para-hydroxylation sites is 1. The molecular weight excluding hydrogens is 284 g/mol. The summed E-state index contributed by atoms with van der Waals surface area (Å²) in [5, 5.41) is 13.1. The highest BCUT2D eigenvalue weighted by Gasteiger charge is 2.10. The van der Waals surface area contributed by atoms with Crippen LogP contribution in [0.25, 0.3) is 5.69 Å². The molecule has 0 aliphatic rings. The van der Waals surface area contributed by atoms with Crippen LogP contribution in [0, 0.1) is 6.92 Å². The van der Waals surface area contributed by atoms with E-state index in [0.29, 0.717) is 0 Å². The summed E-state index contributed by atoms with van der Waals surface area (Å²) in [7, 11) is 0. The molecule has 2 aromatic rings. The van der Waals surface area contributed by atoms with Crippen molar-refractivity contribution in [3.8, 4) is 5.69 Å². The second-order valence-electron chi connectivity index (χ2n) is 3.71. The van der Waals surface area contributed by atoms with Gasteiger partial charge < -0.3 is 5.11 Å². The van der Waals surface area contributed by atoms with E-state index in [9.17, 15) is 4.79 Å². The molecule has 0 saturated heterocycles. The third-order valence-electron chi connectivity index (χ3n) is 2.44. The fraction of sp³-hybridized carbons (Fsp3) is 0.167. The van der Waals surface area contributed by atoms with Crippen molar-refractivity contribution in [2.75, 3.05) is 0 Å². The van der Waals surface area contributed by atoms with E-state index in [1.807, 2.05) is 31.2 Å². The number of nitrogens with zero attached hydrogens (tertiary/aromatic N) is 2. The number of aliphatic carboxylic acids is 1. The Morgan fingerprint density at radius 1 is 1.47 bits per heavy atom. The molecule has 0 unspecified atom stereocenters. The molecule has 1 aromatic heterocycles. The van der Waals surface area contributed by atoms with Crippen LogP contribution >= 0.6 is 15.9 Å². The summed E-state index contributed by atoms with van der Waals surface area (Å²) >= 11 is 3.44. The number of carboxylic acids is 1. The van der Waals surface area contributed by atoms with Crippen molar-refractivity contribution < 1.29 is 9.90 Å². The Hall–Kier alpha value is -1.62. The lowest BCUT2D eigenvalue weighted by atomic mass is 10.2. The maximum atomic E-state index is 10.7. The molecule has 2 rings (SSSR count). The van der Waals surface area contributed by atoms with Gasteiger partial charge in [0.2, 0.25) is 0 Å². The molecule has 1 N–H and O–H groups in total. The molecule has 1 heterocycles. The minimum atomic E-state index is -0.847. The van der Waals surface area contributed by atoms with E-state index >= 15 is 0 Å².